The lowest BCUT2D eigenvalue weighted by Crippen LogP contribution is -2.64. The normalized spacial score (nSPS) is 26.9. The van der Waals surface area contributed by atoms with E-state index in [1.807, 2.05) is 19.1 Å². The predicted octanol–water partition coefficient (Wildman–Crippen LogP) is 1.11. The Morgan fingerprint density at radius 1 is 1.29 bits per heavy atom. The maximum absolute atomic E-state index is 12.1. The van der Waals surface area contributed by atoms with E-state index in [0.717, 1.165) is 19.3 Å². The summed E-state index contributed by atoms with van der Waals surface area (Å²) in [5.41, 5.74) is -1.10. The number of carbonyl (C=O) groups is 3. The average molecular weight is 236 g/mol. The first kappa shape index (κ1) is 11.8. The molecular formula is C12H16N2O3. The molecule has 0 aromatic heterocycles. The van der Waals surface area contributed by atoms with Crippen LogP contribution in [0.1, 0.15) is 32.6 Å². The summed E-state index contributed by atoms with van der Waals surface area (Å²) in [6.45, 7) is 1.93. The van der Waals surface area contributed by atoms with Crippen LogP contribution in [-0.2, 0) is 9.59 Å². The summed E-state index contributed by atoms with van der Waals surface area (Å²) in [4.78, 5) is 35.3. The third kappa shape index (κ3) is 1.75. The van der Waals surface area contributed by atoms with Crippen LogP contribution in [0.15, 0.2) is 12.2 Å². The lowest BCUT2D eigenvalue weighted by molar-refractivity contribution is -0.147. The topological polar surface area (TPSA) is 75.3 Å². The van der Waals surface area contributed by atoms with E-state index in [1.54, 1.807) is 0 Å². The number of allylic oxidation sites excluding steroid dienone is 2. The van der Waals surface area contributed by atoms with Crippen LogP contribution in [0.25, 0.3) is 0 Å². The van der Waals surface area contributed by atoms with Crippen LogP contribution in [0.3, 0.4) is 0 Å². The molecule has 1 saturated heterocycles. The molecule has 2 aliphatic rings. The predicted molar refractivity (Wildman–Crippen MR) is 60.9 cm³/mol. The zero-order chi connectivity index (χ0) is 12.5. The number of carbonyl (C=O) groups excluding carboxylic acids is 3. The number of rotatable bonds is 3. The summed E-state index contributed by atoms with van der Waals surface area (Å²) in [6.07, 6.45) is 6.76. The minimum Gasteiger partial charge on any atom is -0.277 e. The molecule has 0 bridgehead atoms. The molecule has 0 spiro atoms. The van der Waals surface area contributed by atoms with Crippen molar-refractivity contribution in [1.82, 2.24) is 10.6 Å². The molecule has 1 aliphatic heterocycles. The molecule has 1 aliphatic carbocycles. The van der Waals surface area contributed by atoms with Gasteiger partial charge in [-0.15, -0.1) is 0 Å². The molecule has 0 aromatic carbocycles. The van der Waals surface area contributed by atoms with Crippen molar-refractivity contribution in [3.8, 4) is 0 Å². The monoisotopic (exact) mass is 236 g/mol. The molecule has 0 radical (unpaired) electrons. The van der Waals surface area contributed by atoms with Crippen LogP contribution in [0, 0.1) is 11.3 Å². The fourth-order valence-corrected chi connectivity index (χ4v) is 2.75. The van der Waals surface area contributed by atoms with E-state index in [1.165, 1.54) is 0 Å². The molecular weight excluding hydrogens is 220 g/mol. The molecule has 0 saturated carbocycles. The van der Waals surface area contributed by atoms with Crippen LogP contribution in [0.5, 0.6) is 0 Å². The SMILES string of the molecule is CCCC1(C2C=CCC2)C(=O)NC(=O)NC1=O. The second-order valence-corrected chi connectivity index (χ2v) is 4.57. The van der Waals surface area contributed by atoms with Gasteiger partial charge in [-0.2, -0.15) is 0 Å². The molecule has 17 heavy (non-hydrogen) atoms. The van der Waals surface area contributed by atoms with Gasteiger partial charge in [0.2, 0.25) is 11.8 Å². The van der Waals surface area contributed by atoms with Gasteiger partial charge in [0.1, 0.15) is 5.41 Å². The van der Waals surface area contributed by atoms with Gasteiger partial charge in [-0.25, -0.2) is 4.79 Å². The number of nitrogens with one attached hydrogen (secondary N) is 2. The van der Waals surface area contributed by atoms with E-state index in [4.69, 9.17) is 0 Å². The molecule has 5 heteroatoms. The van der Waals surface area contributed by atoms with Crippen LogP contribution in [0.4, 0.5) is 4.79 Å². The Morgan fingerprint density at radius 2 is 1.94 bits per heavy atom. The Hall–Kier alpha value is -1.65. The van der Waals surface area contributed by atoms with Gasteiger partial charge in [-0.3, -0.25) is 20.2 Å². The highest BCUT2D eigenvalue weighted by atomic mass is 16.2. The highest BCUT2D eigenvalue weighted by molar-refractivity contribution is 6.19. The minimum atomic E-state index is -1.10. The number of imide groups is 2. The van der Waals surface area contributed by atoms with Gasteiger partial charge >= 0.3 is 6.03 Å². The highest BCUT2D eigenvalue weighted by Gasteiger charge is 2.54. The van der Waals surface area contributed by atoms with Crippen molar-refractivity contribution in [3.63, 3.8) is 0 Å². The van der Waals surface area contributed by atoms with Gasteiger partial charge in [-0.05, 0) is 19.3 Å². The largest absolute Gasteiger partial charge is 0.328 e. The maximum Gasteiger partial charge on any atom is 0.328 e. The lowest BCUT2D eigenvalue weighted by Gasteiger charge is -2.37. The summed E-state index contributed by atoms with van der Waals surface area (Å²) >= 11 is 0. The summed E-state index contributed by atoms with van der Waals surface area (Å²) in [5.74, 6) is -1.01. The van der Waals surface area contributed by atoms with Crippen LogP contribution in [-0.4, -0.2) is 17.8 Å². The molecule has 0 aromatic rings. The van der Waals surface area contributed by atoms with E-state index >= 15 is 0 Å². The van der Waals surface area contributed by atoms with Gasteiger partial charge in [-0.1, -0.05) is 25.5 Å². The zero-order valence-electron chi connectivity index (χ0n) is 9.79. The van der Waals surface area contributed by atoms with Gasteiger partial charge in [0.05, 0.1) is 0 Å². The van der Waals surface area contributed by atoms with Crippen molar-refractivity contribution in [3.05, 3.63) is 12.2 Å². The summed E-state index contributed by atoms with van der Waals surface area (Å²) in [7, 11) is 0. The second kappa shape index (κ2) is 4.31. The van der Waals surface area contributed by atoms with Crippen molar-refractivity contribution >= 4 is 17.8 Å². The average Bonchev–Trinajstić information content (AvgIpc) is 2.77. The van der Waals surface area contributed by atoms with Crippen molar-refractivity contribution in [1.29, 1.82) is 0 Å². The molecule has 4 amide bonds. The Labute approximate surface area is 99.6 Å². The number of urea groups is 1. The van der Waals surface area contributed by atoms with Crippen molar-refractivity contribution in [2.75, 3.05) is 0 Å². The van der Waals surface area contributed by atoms with E-state index < -0.39 is 23.3 Å². The molecule has 5 nitrogen and oxygen atoms in total. The van der Waals surface area contributed by atoms with E-state index in [9.17, 15) is 14.4 Å². The van der Waals surface area contributed by atoms with Gasteiger partial charge in [0.15, 0.2) is 0 Å². The minimum absolute atomic E-state index is 0.101. The smallest absolute Gasteiger partial charge is 0.277 e. The summed E-state index contributed by atoms with van der Waals surface area (Å²) < 4.78 is 0. The number of hydrogen-bond donors (Lipinski definition) is 2. The summed E-state index contributed by atoms with van der Waals surface area (Å²) in [5, 5.41) is 4.44. The number of hydrogen-bond acceptors (Lipinski definition) is 3. The summed E-state index contributed by atoms with van der Waals surface area (Å²) in [6, 6.07) is -0.714. The first-order valence-electron chi connectivity index (χ1n) is 5.94. The van der Waals surface area contributed by atoms with E-state index in [-0.39, 0.29) is 5.92 Å². The molecule has 92 valence electrons. The first-order chi connectivity index (χ1) is 8.11. The van der Waals surface area contributed by atoms with Crippen LogP contribution < -0.4 is 10.6 Å². The molecule has 1 heterocycles. The van der Waals surface area contributed by atoms with Gasteiger partial charge < -0.3 is 0 Å². The third-order valence-electron chi connectivity index (χ3n) is 3.55. The van der Waals surface area contributed by atoms with Crippen LogP contribution in [0.2, 0.25) is 0 Å². The second-order valence-electron chi connectivity index (χ2n) is 4.57. The van der Waals surface area contributed by atoms with Crippen molar-refractivity contribution < 1.29 is 14.4 Å². The molecule has 2 rings (SSSR count). The van der Waals surface area contributed by atoms with E-state index in [2.05, 4.69) is 10.6 Å². The Kier molecular flexibility index (Phi) is 3.00. The quantitative estimate of drug-likeness (QED) is 0.569. The zero-order valence-corrected chi connectivity index (χ0v) is 9.79. The highest BCUT2D eigenvalue weighted by Crippen LogP contribution is 2.41. The van der Waals surface area contributed by atoms with E-state index in [0.29, 0.717) is 6.42 Å². The lowest BCUT2D eigenvalue weighted by atomic mass is 9.69. The van der Waals surface area contributed by atoms with Crippen molar-refractivity contribution in [2.45, 2.75) is 32.6 Å². The van der Waals surface area contributed by atoms with Crippen molar-refractivity contribution in [2.24, 2.45) is 11.3 Å². The Bertz CT molecular complexity index is 381. The number of barbiturate groups is 1. The first-order valence-corrected chi connectivity index (χ1v) is 5.94. The molecule has 1 unspecified atom stereocenters. The Balaban J connectivity index is 2.37. The standard InChI is InChI=1S/C12H16N2O3/c1-2-7-12(8-5-3-4-6-8)9(15)13-11(17)14-10(12)16/h3,5,8H,2,4,6-7H2,1H3,(H2,13,14,15,16,17). The fraction of sp³-hybridized carbons (Fsp3) is 0.583. The number of amides is 4. The molecule has 2 N–H and O–H groups in total. The van der Waals surface area contributed by atoms with Gasteiger partial charge in [0, 0.05) is 5.92 Å². The Morgan fingerprint density at radius 3 is 2.41 bits per heavy atom. The maximum atomic E-state index is 12.1. The fourth-order valence-electron chi connectivity index (χ4n) is 2.75. The molecule has 1 atom stereocenters. The molecule has 1 fully saturated rings. The van der Waals surface area contributed by atoms with Gasteiger partial charge in [0.25, 0.3) is 0 Å². The van der Waals surface area contributed by atoms with Crippen LogP contribution >= 0.6 is 0 Å². The third-order valence-corrected chi connectivity index (χ3v) is 3.55.